The summed E-state index contributed by atoms with van der Waals surface area (Å²) < 4.78 is 38.5. The van der Waals surface area contributed by atoms with Gasteiger partial charge in [-0.1, -0.05) is 23.7 Å². The van der Waals surface area contributed by atoms with E-state index in [9.17, 15) is 9.59 Å². The molecule has 0 saturated carbocycles. The molecule has 0 aliphatic carbocycles. The van der Waals surface area contributed by atoms with E-state index in [0.717, 1.165) is 5.56 Å². The standard InChI is InChI=1S/C23H22O6.C12H16ClNO3.ClH/c1-23(2)11-10-15-16(29-23)12-17-19(20(15)26-4)21(27-5)18(22(24)28-17)13-6-8-14(25-3)9-7-13;1-14(2)7-8-16-12(15)9-17-11-5-3-10(13)4-6-11;/h6-12H,1-5H3;3-6H,7-9H2,1-2H3;1H. The molecule has 0 fully saturated rings. The summed E-state index contributed by atoms with van der Waals surface area (Å²) in [6.07, 6.45) is 3.91. The van der Waals surface area contributed by atoms with Crippen LogP contribution in [0, 0.1) is 0 Å². The topological polar surface area (TPSA) is 106 Å². The second-order valence-corrected chi connectivity index (χ2v) is 11.5. The van der Waals surface area contributed by atoms with Crippen molar-refractivity contribution in [1.29, 1.82) is 0 Å². The van der Waals surface area contributed by atoms with Crippen molar-refractivity contribution in [1.82, 2.24) is 4.90 Å². The molecule has 1 aliphatic heterocycles. The number of esters is 1. The summed E-state index contributed by atoms with van der Waals surface area (Å²) in [5.74, 6) is 2.42. The molecule has 0 N–H and O–H groups in total. The predicted octanol–water partition coefficient (Wildman–Crippen LogP) is 6.92. The van der Waals surface area contributed by atoms with Gasteiger partial charge in [-0.25, -0.2) is 9.59 Å². The third kappa shape index (κ3) is 9.34. The first kappa shape index (κ1) is 37.1. The molecule has 12 heteroatoms. The molecule has 0 unspecified atom stereocenters. The quantitative estimate of drug-likeness (QED) is 0.129. The molecule has 1 aromatic heterocycles. The second-order valence-electron chi connectivity index (χ2n) is 11.0. The fourth-order valence-corrected chi connectivity index (χ4v) is 4.74. The van der Waals surface area contributed by atoms with Crippen LogP contribution in [-0.4, -0.2) is 71.7 Å². The van der Waals surface area contributed by atoms with Crippen molar-refractivity contribution < 1.29 is 37.6 Å². The van der Waals surface area contributed by atoms with Crippen LogP contribution in [0.2, 0.25) is 5.02 Å². The van der Waals surface area contributed by atoms with Crippen LogP contribution in [-0.2, 0) is 9.53 Å². The van der Waals surface area contributed by atoms with Crippen molar-refractivity contribution in [2.75, 3.05) is 55.2 Å². The van der Waals surface area contributed by atoms with Crippen LogP contribution in [0.4, 0.5) is 0 Å². The number of methoxy groups -OCH3 is 3. The van der Waals surface area contributed by atoms with Gasteiger partial charge in [0.15, 0.2) is 6.61 Å². The molecule has 47 heavy (non-hydrogen) atoms. The normalized spacial score (nSPS) is 12.5. The molecule has 5 rings (SSSR count). The molecule has 0 bridgehead atoms. The van der Waals surface area contributed by atoms with E-state index in [1.807, 2.05) is 45.0 Å². The van der Waals surface area contributed by atoms with E-state index in [2.05, 4.69) is 0 Å². The van der Waals surface area contributed by atoms with Crippen molar-refractivity contribution in [3.8, 4) is 39.9 Å². The van der Waals surface area contributed by atoms with Crippen molar-refractivity contribution >= 4 is 47.0 Å². The highest BCUT2D eigenvalue weighted by Gasteiger charge is 2.29. The molecular weight excluding hydrogens is 649 g/mol. The van der Waals surface area contributed by atoms with Gasteiger partial charge < -0.3 is 37.7 Å². The Hall–Kier alpha value is -4.38. The zero-order valence-electron chi connectivity index (χ0n) is 27.4. The van der Waals surface area contributed by atoms with E-state index < -0.39 is 11.2 Å². The monoisotopic (exact) mass is 687 g/mol. The molecule has 3 aromatic carbocycles. The van der Waals surface area contributed by atoms with Crippen LogP contribution in [0.15, 0.2) is 69.9 Å². The van der Waals surface area contributed by atoms with E-state index >= 15 is 0 Å². The fraction of sp³-hybridized carbons (Fsp3) is 0.314. The van der Waals surface area contributed by atoms with E-state index in [1.54, 1.807) is 68.8 Å². The number of hydrogen-bond acceptors (Lipinski definition) is 10. The third-order valence-electron chi connectivity index (χ3n) is 6.89. The molecule has 10 nitrogen and oxygen atoms in total. The maximum absolute atomic E-state index is 12.9. The second kappa shape index (κ2) is 16.4. The zero-order chi connectivity index (χ0) is 33.4. The number of ether oxygens (including phenoxy) is 6. The lowest BCUT2D eigenvalue weighted by Gasteiger charge is -2.29. The van der Waals surface area contributed by atoms with Crippen LogP contribution in [0.25, 0.3) is 28.2 Å². The molecule has 1 aliphatic rings. The lowest BCUT2D eigenvalue weighted by molar-refractivity contribution is -0.146. The average molecular weight is 689 g/mol. The number of benzene rings is 3. The van der Waals surface area contributed by atoms with E-state index in [4.69, 9.17) is 44.4 Å². The maximum atomic E-state index is 12.9. The lowest BCUT2D eigenvalue weighted by Crippen LogP contribution is -2.27. The average Bonchev–Trinajstić information content (AvgIpc) is 3.02. The first-order valence-corrected chi connectivity index (χ1v) is 14.8. The number of hydrogen-bond donors (Lipinski definition) is 0. The Morgan fingerprint density at radius 3 is 2.15 bits per heavy atom. The molecule has 4 aromatic rings. The van der Waals surface area contributed by atoms with Crippen LogP contribution >= 0.6 is 24.0 Å². The Kier molecular flexibility index (Phi) is 13.0. The Labute approximate surface area is 285 Å². The summed E-state index contributed by atoms with van der Waals surface area (Å²) in [4.78, 5) is 26.1. The minimum atomic E-state index is -0.507. The number of carbonyl (C=O) groups is 1. The van der Waals surface area contributed by atoms with Crippen molar-refractivity contribution in [3.05, 3.63) is 81.7 Å². The molecule has 252 valence electrons. The smallest absolute Gasteiger partial charge is 0.347 e. The van der Waals surface area contributed by atoms with Crippen LogP contribution in [0.5, 0.6) is 28.7 Å². The number of halogens is 2. The van der Waals surface area contributed by atoms with Gasteiger partial charge in [0.05, 0.1) is 26.9 Å². The highest BCUT2D eigenvalue weighted by molar-refractivity contribution is 6.30. The van der Waals surface area contributed by atoms with Gasteiger partial charge in [0, 0.05) is 17.6 Å². The Morgan fingerprint density at radius 2 is 1.55 bits per heavy atom. The third-order valence-corrected chi connectivity index (χ3v) is 7.14. The summed E-state index contributed by atoms with van der Waals surface area (Å²) >= 11 is 5.72. The Balaban J connectivity index is 0.000000287. The number of rotatable bonds is 10. The number of carbonyl (C=O) groups excluding carboxylic acids is 1. The summed E-state index contributed by atoms with van der Waals surface area (Å²) in [6.45, 7) is 4.89. The van der Waals surface area contributed by atoms with Crippen LogP contribution in [0.3, 0.4) is 0 Å². The molecule has 0 saturated heterocycles. The van der Waals surface area contributed by atoms with Crippen LogP contribution < -0.4 is 29.3 Å². The summed E-state index contributed by atoms with van der Waals surface area (Å²) in [5, 5.41) is 1.21. The Morgan fingerprint density at radius 1 is 0.915 bits per heavy atom. The minimum Gasteiger partial charge on any atom is -0.497 e. The van der Waals surface area contributed by atoms with Gasteiger partial charge >= 0.3 is 11.6 Å². The molecule has 0 amide bonds. The molecule has 2 heterocycles. The summed E-state index contributed by atoms with van der Waals surface area (Å²) in [6, 6.07) is 15.7. The highest BCUT2D eigenvalue weighted by atomic mass is 35.5. The van der Waals surface area contributed by atoms with Crippen LogP contribution in [0.1, 0.15) is 19.4 Å². The number of likely N-dealkylation sites (N-methyl/N-ethyl adjacent to an activating group) is 1. The number of nitrogens with zero attached hydrogens (tertiary/aromatic N) is 1. The SMILES string of the molecule is CN(C)CCOC(=O)COc1ccc(Cl)cc1.COc1ccc(-c2c(OC)c3c(OC)c4c(cc3oc2=O)OC(C)(C)C=C4)cc1.Cl. The van der Waals surface area contributed by atoms with Gasteiger partial charge in [0.25, 0.3) is 0 Å². The minimum absolute atomic E-state index is 0. The zero-order valence-corrected chi connectivity index (χ0v) is 29.0. The van der Waals surface area contributed by atoms with Crippen molar-refractivity contribution in [2.45, 2.75) is 19.4 Å². The van der Waals surface area contributed by atoms with Crippen molar-refractivity contribution in [2.24, 2.45) is 0 Å². The molecule has 0 radical (unpaired) electrons. The molecular formula is C35H39Cl2NO9. The van der Waals surface area contributed by atoms with Gasteiger partial charge in [-0.15, -0.1) is 12.4 Å². The van der Waals surface area contributed by atoms with E-state index in [-0.39, 0.29) is 25.0 Å². The van der Waals surface area contributed by atoms with E-state index in [0.29, 0.717) is 69.0 Å². The van der Waals surface area contributed by atoms with E-state index in [1.165, 1.54) is 7.11 Å². The highest BCUT2D eigenvalue weighted by Crippen LogP contribution is 2.47. The Bertz CT molecular complexity index is 1750. The molecule has 0 atom stereocenters. The summed E-state index contributed by atoms with van der Waals surface area (Å²) in [5.41, 5.74) is 1.11. The van der Waals surface area contributed by atoms with Gasteiger partial charge in [-0.05, 0) is 82.1 Å². The largest absolute Gasteiger partial charge is 0.497 e. The fourth-order valence-electron chi connectivity index (χ4n) is 4.61. The van der Waals surface area contributed by atoms with Gasteiger partial charge in [-0.3, -0.25) is 0 Å². The summed E-state index contributed by atoms with van der Waals surface area (Å²) in [7, 11) is 8.51. The van der Waals surface area contributed by atoms with Gasteiger partial charge in [0.2, 0.25) is 0 Å². The maximum Gasteiger partial charge on any atom is 0.347 e. The number of fused-ring (bicyclic) bond motifs is 2. The predicted molar refractivity (Wildman–Crippen MR) is 185 cm³/mol. The lowest BCUT2D eigenvalue weighted by atomic mass is 9.98. The first-order valence-electron chi connectivity index (χ1n) is 14.4. The van der Waals surface area contributed by atoms with Gasteiger partial charge in [0.1, 0.15) is 57.5 Å². The van der Waals surface area contributed by atoms with Crippen molar-refractivity contribution in [3.63, 3.8) is 0 Å². The first-order chi connectivity index (χ1) is 22.0. The van der Waals surface area contributed by atoms with Gasteiger partial charge in [-0.2, -0.15) is 0 Å². The molecule has 0 spiro atoms.